The molecule has 2 N–H and O–H groups in total. The highest BCUT2D eigenvalue weighted by Crippen LogP contribution is 2.30. The second-order valence-electron chi connectivity index (χ2n) is 5.76. The van der Waals surface area contributed by atoms with Crippen LogP contribution >= 0.6 is 0 Å². The van der Waals surface area contributed by atoms with Crippen LogP contribution in [0.1, 0.15) is 11.6 Å². The van der Waals surface area contributed by atoms with Gasteiger partial charge in [-0.2, -0.15) is 0 Å². The lowest BCUT2D eigenvalue weighted by atomic mass is 9.91. The minimum atomic E-state index is -1.51. The van der Waals surface area contributed by atoms with Crippen LogP contribution in [0.5, 0.6) is 0 Å². The van der Waals surface area contributed by atoms with Gasteiger partial charge < -0.3 is 19.9 Å². The summed E-state index contributed by atoms with van der Waals surface area (Å²) in [4.78, 5) is 25.2. The lowest BCUT2D eigenvalue weighted by molar-refractivity contribution is -0.144. The van der Waals surface area contributed by atoms with E-state index in [9.17, 15) is 23.5 Å². The zero-order chi connectivity index (χ0) is 17.3. The Labute approximate surface area is 136 Å². The first-order valence-electron chi connectivity index (χ1n) is 7.35. The summed E-state index contributed by atoms with van der Waals surface area (Å²) in [6, 6.07) is 1.96. The molecule has 0 bridgehead atoms. The van der Waals surface area contributed by atoms with E-state index in [1.165, 1.54) is 0 Å². The van der Waals surface area contributed by atoms with Crippen molar-refractivity contribution in [2.75, 3.05) is 33.0 Å². The van der Waals surface area contributed by atoms with Gasteiger partial charge in [0.05, 0.1) is 32.5 Å². The normalized spacial score (nSPS) is 23.7. The van der Waals surface area contributed by atoms with E-state index in [2.05, 4.69) is 5.32 Å². The Kier molecular flexibility index (Phi) is 4.37. The molecule has 2 amide bonds. The van der Waals surface area contributed by atoms with Crippen molar-refractivity contribution in [2.45, 2.75) is 11.6 Å². The SMILES string of the molecule is O=C(O)N1CC(c2cc(F)cc(F)c2)NC(=O)C12COCCOC2. The van der Waals surface area contributed by atoms with Gasteiger partial charge in [0.2, 0.25) is 0 Å². The molecule has 1 atom stereocenters. The molecule has 1 aromatic carbocycles. The molecule has 2 saturated heterocycles. The Morgan fingerprint density at radius 2 is 1.79 bits per heavy atom. The smallest absolute Gasteiger partial charge is 0.408 e. The average molecular weight is 342 g/mol. The molecular weight excluding hydrogens is 326 g/mol. The van der Waals surface area contributed by atoms with E-state index in [0.29, 0.717) is 6.07 Å². The highest BCUT2D eigenvalue weighted by atomic mass is 19.1. The molecule has 2 fully saturated rings. The van der Waals surface area contributed by atoms with Crippen molar-refractivity contribution in [1.29, 1.82) is 0 Å². The number of nitrogens with zero attached hydrogens (tertiary/aromatic N) is 1. The lowest BCUT2D eigenvalue weighted by Crippen LogP contribution is -2.70. The maximum atomic E-state index is 13.4. The fourth-order valence-electron chi connectivity index (χ4n) is 2.97. The third-order valence-corrected chi connectivity index (χ3v) is 4.18. The molecule has 2 heterocycles. The number of hydrogen-bond acceptors (Lipinski definition) is 4. The number of carbonyl (C=O) groups is 2. The number of amides is 2. The van der Waals surface area contributed by atoms with Gasteiger partial charge in [-0.3, -0.25) is 9.69 Å². The predicted molar refractivity (Wildman–Crippen MR) is 76.3 cm³/mol. The molecule has 0 saturated carbocycles. The van der Waals surface area contributed by atoms with Gasteiger partial charge in [0.25, 0.3) is 5.91 Å². The van der Waals surface area contributed by atoms with Crippen molar-refractivity contribution < 1.29 is 33.0 Å². The Balaban J connectivity index is 1.93. The minimum absolute atomic E-state index is 0.143. The van der Waals surface area contributed by atoms with E-state index in [4.69, 9.17) is 9.47 Å². The summed E-state index contributed by atoms with van der Waals surface area (Å²) in [6.07, 6.45) is -1.33. The van der Waals surface area contributed by atoms with Crippen LogP contribution in [0.15, 0.2) is 18.2 Å². The zero-order valence-electron chi connectivity index (χ0n) is 12.6. The third kappa shape index (κ3) is 2.92. The lowest BCUT2D eigenvalue weighted by Gasteiger charge is -2.45. The summed E-state index contributed by atoms with van der Waals surface area (Å²) in [6.45, 7) is 0.0451. The van der Waals surface area contributed by atoms with Gasteiger partial charge in [-0.25, -0.2) is 13.6 Å². The molecule has 9 heteroatoms. The van der Waals surface area contributed by atoms with Crippen LogP contribution in [0.25, 0.3) is 0 Å². The molecule has 1 spiro atoms. The summed E-state index contributed by atoms with van der Waals surface area (Å²) >= 11 is 0. The molecule has 2 aliphatic heterocycles. The fourth-order valence-corrected chi connectivity index (χ4v) is 2.97. The summed E-state index contributed by atoms with van der Waals surface area (Å²) in [5, 5.41) is 12.1. The number of ether oxygens (including phenoxy) is 2. The summed E-state index contributed by atoms with van der Waals surface area (Å²) < 4.78 is 37.4. The van der Waals surface area contributed by atoms with Crippen LogP contribution in [0.3, 0.4) is 0 Å². The van der Waals surface area contributed by atoms with Gasteiger partial charge in [-0.1, -0.05) is 0 Å². The minimum Gasteiger partial charge on any atom is -0.465 e. The number of rotatable bonds is 1. The molecule has 1 unspecified atom stereocenters. The Morgan fingerprint density at radius 3 is 2.33 bits per heavy atom. The molecule has 0 radical (unpaired) electrons. The maximum Gasteiger partial charge on any atom is 0.408 e. The Hall–Kier alpha value is -2.26. The van der Waals surface area contributed by atoms with Gasteiger partial charge in [0.15, 0.2) is 5.54 Å². The van der Waals surface area contributed by atoms with Gasteiger partial charge in [-0.15, -0.1) is 0 Å². The standard InChI is InChI=1S/C15H16F2N2O5/c16-10-3-9(4-11(17)5-10)12-6-19(14(21)22)15(13(20)18-12)7-23-1-2-24-8-15/h3-5,12H,1-2,6-8H2,(H,18,20)(H,21,22). The second-order valence-corrected chi connectivity index (χ2v) is 5.76. The van der Waals surface area contributed by atoms with Crippen molar-refractivity contribution >= 4 is 12.0 Å². The zero-order valence-corrected chi connectivity index (χ0v) is 12.6. The number of carboxylic acid groups (broad SMARTS) is 1. The van der Waals surface area contributed by atoms with Crippen LogP contribution in [-0.2, 0) is 14.3 Å². The highest BCUT2D eigenvalue weighted by molar-refractivity contribution is 5.91. The summed E-state index contributed by atoms with van der Waals surface area (Å²) in [5.41, 5.74) is -1.36. The van der Waals surface area contributed by atoms with Gasteiger partial charge in [0, 0.05) is 12.6 Å². The van der Waals surface area contributed by atoms with Crippen LogP contribution in [0.4, 0.5) is 13.6 Å². The van der Waals surface area contributed by atoms with Crippen molar-refractivity contribution in [2.24, 2.45) is 0 Å². The van der Waals surface area contributed by atoms with E-state index < -0.39 is 35.2 Å². The van der Waals surface area contributed by atoms with Crippen molar-refractivity contribution in [1.82, 2.24) is 10.2 Å². The third-order valence-electron chi connectivity index (χ3n) is 4.18. The van der Waals surface area contributed by atoms with Crippen LogP contribution < -0.4 is 5.32 Å². The number of nitrogens with one attached hydrogen (secondary N) is 1. The maximum absolute atomic E-state index is 13.4. The first kappa shape index (κ1) is 16.6. The molecule has 0 aliphatic carbocycles. The monoisotopic (exact) mass is 342 g/mol. The van der Waals surface area contributed by atoms with Crippen LogP contribution in [-0.4, -0.2) is 60.5 Å². The number of benzene rings is 1. The van der Waals surface area contributed by atoms with Gasteiger partial charge >= 0.3 is 6.09 Å². The first-order chi connectivity index (χ1) is 11.4. The van der Waals surface area contributed by atoms with E-state index >= 15 is 0 Å². The van der Waals surface area contributed by atoms with Gasteiger partial charge in [-0.05, 0) is 17.7 Å². The average Bonchev–Trinajstić information content (AvgIpc) is 2.75. The molecule has 7 nitrogen and oxygen atoms in total. The Bertz CT molecular complexity index is 641. The summed E-state index contributed by atoms with van der Waals surface area (Å²) in [7, 11) is 0. The number of halogens is 2. The molecule has 1 aromatic rings. The first-order valence-corrected chi connectivity index (χ1v) is 7.35. The molecule has 0 aromatic heterocycles. The Morgan fingerprint density at radius 1 is 1.21 bits per heavy atom. The highest BCUT2D eigenvalue weighted by Gasteiger charge is 2.52. The van der Waals surface area contributed by atoms with Gasteiger partial charge in [0.1, 0.15) is 11.6 Å². The molecule has 24 heavy (non-hydrogen) atoms. The number of piperazine rings is 1. The molecular formula is C15H16F2N2O5. The van der Waals surface area contributed by atoms with E-state index in [0.717, 1.165) is 17.0 Å². The van der Waals surface area contributed by atoms with Crippen molar-refractivity contribution in [3.05, 3.63) is 35.4 Å². The fraction of sp³-hybridized carbons (Fsp3) is 0.467. The van der Waals surface area contributed by atoms with E-state index in [1.54, 1.807) is 0 Å². The topological polar surface area (TPSA) is 88.1 Å². The molecule has 130 valence electrons. The quantitative estimate of drug-likeness (QED) is 0.792. The number of carbonyl (C=O) groups excluding carboxylic acids is 1. The largest absolute Gasteiger partial charge is 0.465 e. The van der Waals surface area contributed by atoms with Crippen LogP contribution in [0, 0.1) is 11.6 Å². The van der Waals surface area contributed by atoms with Crippen molar-refractivity contribution in [3.63, 3.8) is 0 Å². The van der Waals surface area contributed by atoms with E-state index in [-0.39, 0.29) is 38.5 Å². The second kappa shape index (κ2) is 6.33. The summed E-state index contributed by atoms with van der Waals surface area (Å²) in [5.74, 6) is -2.22. The molecule has 2 aliphatic rings. The predicted octanol–water partition coefficient (Wildman–Crippen LogP) is 0.901. The van der Waals surface area contributed by atoms with Crippen LogP contribution in [0.2, 0.25) is 0 Å². The van der Waals surface area contributed by atoms with E-state index in [1.807, 2.05) is 0 Å². The number of hydrogen-bond donors (Lipinski definition) is 2. The molecule has 3 rings (SSSR count). The van der Waals surface area contributed by atoms with Crippen molar-refractivity contribution in [3.8, 4) is 0 Å².